The van der Waals surface area contributed by atoms with Gasteiger partial charge < -0.3 is 15.5 Å². The molecule has 1 aromatic heterocycles. The van der Waals surface area contributed by atoms with E-state index in [1.165, 1.54) is 5.38 Å². The zero-order chi connectivity index (χ0) is 19.7. The summed E-state index contributed by atoms with van der Waals surface area (Å²) in [5.74, 6) is -6.23. The highest BCUT2D eigenvalue weighted by Crippen LogP contribution is 2.37. The number of thiophene rings is 1. The van der Waals surface area contributed by atoms with Gasteiger partial charge in [-0.25, -0.2) is 9.18 Å². The largest absolute Gasteiger partial charge is 0.504 e. The Morgan fingerprint density at radius 1 is 1.07 bits per heavy atom. The van der Waals surface area contributed by atoms with E-state index in [1.54, 1.807) is 24.3 Å². The number of carbonyl (C=O) groups excluding carboxylic acids is 1. The fraction of sp³-hybridized carbons (Fsp3) is 0. The minimum absolute atomic E-state index is 0.0143. The van der Waals surface area contributed by atoms with Crippen molar-refractivity contribution in [2.45, 2.75) is 0 Å². The van der Waals surface area contributed by atoms with Gasteiger partial charge in [0.25, 0.3) is 5.91 Å². The number of aromatic hydroxyl groups is 1. The molecule has 0 bridgehead atoms. The van der Waals surface area contributed by atoms with E-state index in [2.05, 4.69) is 21.2 Å². The van der Waals surface area contributed by atoms with Crippen LogP contribution >= 0.6 is 27.3 Å². The van der Waals surface area contributed by atoms with Crippen molar-refractivity contribution in [3.63, 3.8) is 0 Å². The Bertz CT molecular complexity index is 1050. The zero-order valence-electron chi connectivity index (χ0n) is 13.3. The summed E-state index contributed by atoms with van der Waals surface area (Å²) in [5.41, 5.74) is -0.0318. The highest BCUT2D eigenvalue weighted by Gasteiger charge is 2.23. The number of anilines is 1. The van der Waals surface area contributed by atoms with E-state index in [1.807, 2.05) is 0 Å². The Kier molecular flexibility index (Phi) is 5.24. The first-order valence-electron chi connectivity index (χ1n) is 7.38. The maximum absolute atomic E-state index is 13.5. The third-order valence-corrected chi connectivity index (χ3v) is 5.23. The molecule has 0 saturated heterocycles. The number of amides is 1. The molecule has 1 heterocycles. The van der Waals surface area contributed by atoms with E-state index in [9.17, 15) is 28.6 Å². The third-order valence-electron chi connectivity index (χ3n) is 3.67. The van der Waals surface area contributed by atoms with Crippen LogP contribution in [0.1, 0.15) is 20.7 Å². The van der Waals surface area contributed by atoms with Gasteiger partial charge in [0, 0.05) is 9.85 Å². The number of hydrogen-bond donors (Lipinski definition) is 3. The molecule has 0 aliphatic rings. The minimum atomic E-state index is -1.55. The summed E-state index contributed by atoms with van der Waals surface area (Å²) in [6.07, 6.45) is 0. The van der Waals surface area contributed by atoms with Gasteiger partial charge in [-0.2, -0.15) is 4.39 Å². The molecule has 1 amide bonds. The van der Waals surface area contributed by atoms with Crippen LogP contribution in [0.2, 0.25) is 0 Å². The van der Waals surface area contributed by atoms with Gasteiger partial charge in [-0.1, -0.05) is 28.1 Å². The summed E-state index contributed by atoms with van der Waals surface area (Å²) in [6, 6.07) is 8.54. The molecule has 0 atom stereocenters. The van der Waals surface area contributed by atoms with Gasteiger partial charge in [-0.05, 0) is 29.8 Å². The van der Waals surface area contributed by atoms with Gasteiger partial charge in [-0.15, -0.1) is 11.3 Å². The fourth-order valence-electron chi connectivity index (χ4n) is 2.39. The van der Waals surface area contributed by atoms with Crippen molar-refractivity contribution in [3.8, 4) is 16.2 Å². The minimum Gasteiger partial charge on any atom is -0.504 e. The number of halogens is 3. The predicted molar refractivity (Wildman–Crippen MR) is 100 cm³/mol. The zero-order valence-corrected chi connectivity index (χ0v) is 15.7. The number of nitrogens with one attached hydrogen (secondary N) is 1. The highest BCUT2D eigenvalue weighted by molar-refractivity contribution is 9.10. The van der Waals surface area contributed by atoms with Gasteiger partial charge in [0.2, 0.25) is 5.82 Å². The molecule has 3 N–H and O–H groups in total. The number of rotatable bonds is 4. The van der Waals surface area contributed by atoms with Crippen molar-refractivity contribution < 1.29 is 28.6 Å². The van der Waals surface area contributed by atoms with Crippen molar-refractivity contribution >= 4 is 44.8 Å². The number of hydrogen-bond acceptors (Lipinski definition) is 4. The second-order valence-corrected chi connectivity index (χ2v) is 7.17. The van der Waals surface area contributed by atoms with Crippen molar-refractivity contribution in [3.05, 3.63) is 69.0 Å². The fourth-order valence-corrected chi connectivity index (χ4v) is 3.65. The lowest BCUT2D eigenvalue weighted by atomic mass is 10.1. The molecule has 0 aliphatic heterocycles. The lowest BCUT2D eigenvalue weighted by Crippen LogP contribution is -2.15. The average Bonchev–Trinajstić information content (AvgIpc) is 3.04. The van der Waals surface area contributed by atoms with E-state index in [0.717, 1.165) is 21.9 Å². The second kappa shape index (κ2) is 7.45. The molecule has 0 spiro atoms. The number of benzene rings is 2. The van der Waals surface area contributed by atoms with Crippen molar-refractivity contribution in [2.24, 2.45) is 0 Å². The Hall–Kier alpha value is -2.78. The number of carboxylic acid groups (broad SMARTS) is 1. The summed E-state index contributed by atoms with van der Waals surface area (Å²) in [6.45, 7) is 0. The molecule has 0 radical (unpaired) electrons. The predicted octanol–water partition coefficient (Wildman–Crippen LogP) is 5.11. The van der Waals surface area contributed by atoms with Gasteiger partial charge in [0.1, 0.15) is 5.56 Å². The van der Waals surface area contributed by atoms with E-state index in [-0.39, 0.29) is 11.3 Å². The summed E-state index contributed by atoms with van der Waals surface area (Å²) >= 11 is 4.40. The summed E-state index contributed by atoms with van der Waals surface area (Å²) in [5, 5.41) is 22.9. The molecule has 0 unspecified atom stereocenters. The molecule has 0 fully saturated rings. The van der Waals surface area contributed by atoms with E-state index in [4.69, 9.17) is 0 Å². The monoisotopic (exact) mass is 453 g/mol. The smallest absolute Gasteiger partial charge is 0.339 e. The summed E-state index contributed by atoms with van der Waals surface area (Å²) in [7, 11) is 0. The quantitative estimate of drug-likeness (QED) is 0.512. The first kappa shape index (κ1) is 19.0. The van der Waals surface area contributed by atoms with Crippen LogP contribution in [-0.4, -0.2) is 22.1 Å². The molecular weight excluding hydrogens is 444 g/mol. The average molecular weight is 454 g/mol. The SMILES string of the molecule is O=C(Nc1csc(-c2ccc(Br)cc2)c1C(=O)O)c1ccc(F)c(F)c1O. The summed E-state index contributed by atoms with van der Waals surface area (Å²) < 4.78 is 27.4. The Morgan fingerprint density at radius 3 is 2.37 bits per heavy atom. The first-order valence-corrected chi connectivity index (χ1v) is 9.06. The molecule has 3 aromatic rings. The van der Waals surface area contributed by atoms with Crippen LogP contribution in [0, 0.1) is 11.6 Å². The molecular formula is C18H10BrF2NO4S. The van der Waals surface area contributed by atoms with Gasteiger partial charge in [0.05, 0.1) is 16.1 Å². The Balaban J connectivity index is 1.98. The standard InChI is InChI=1S/C18H10BrF2NO4S/c19-9-3-1-8(2-4-9)16-13(18(25)26)12(7-27-16)22-17(24)10-5-6-11(20)14(21)15(10)23/h1-7,23H,(H,22,24)(H,25,26). The molecule has 9 heteroatoms. The topological polar surface area (TPSA) is 86.6 Å². The van der Waals surface area contributed by atoms with Gasteiger partial charge >= 0.3 is 5.97 Å². The third kappa shape index (κ3) is 3.69. The second-order valence-electron chi connectivity index (χ2n) is 5.38. The first-order chi connectivity index (χ1) is 12.8. The van der Waals surface area contributed by atoms with Gasteiger partial charge in [-0.3, -0.25) is 4.79 Å². The summed E-state index contributed by atoms with van der Waals surface area (Å²) in [4.78, 5) is 24.4. The van der Waals surface area contributed by atoms with Crippen LogP contribution in [0.5, 0.6) is 5.75 Å². The van der Waals surface area contributed by atoms with Crippen molar-refractivity contribution in [2.75, 3.05) is 5.32 Å². The van der Waals surface area contributed by atoms with Crippen LogP contribution < -0.4 is 5.32 Å². The highest BCUT2D eigenvalue weighted by atomic mass is 79.9. The van der Waals surface area contributed by atoms with Crippen LogP contribution in [-0.2, 0) is 0 Å². The van der Waals surface area contributed by atoms with Crippen LogP contribution in [0.4, 0.5) is 14.5 Å². The van der Waals surface area contributed by atoms with E-state index < -0.39 is 34.8 Å². The number of aromatic carboxylic acids is 1. The van der Waals surface area contributed by atoms with Crippen molar-refractivity contribution in [1.82, 2.24) is 0 Å². The van der Waals surface area contributed by atoms with Crippen molar-refractivity contribution in [1.29, 1.82) is 0 Å². The lowest BCUT2D eigenvalue weighted by molar-refractivity contribution is 0.0699. The molecule has 5 nitrogen and oxygen atoms in total. The number of phenols is 1. The Morgan fingerprint density at radius 2 is 1.74 bits per heavy atom. The number of phenolic OH excluding ortho intramolecular Hbond substituents is 1. The van der Waals surface area contributed by atoms with E-state index >= 15 is 0 Å². The lowest BCUT2D eigenvalue weighted by Gasteiger charge is -2.08. The normalized spacial score (nSPS) is 10.6. The van der Waals surface area contributed by atoms with Gasteiger partial charge in [0.15, 0.2) is 11.6 Å². The molecule has 0 saturated carbocycles. The van der Waals surface area contributed by atoms with Crippen LogP contribution in [0.3, 0.4) is 0 Å². The van der Waals surface area contributed by atoms with Crippen LogP contribution in [0.15, 0.2) is 46.3 Å². The number of carboxylic acids is 1. The maximum atomic E-state index is 13.5. The van der Waals surface area contributed by atoms with E-state index in [0.29, 0.717) is 16.5 Å². The van der Waals surface area contributed by atoms with Crippen LogP contribution in [0.25, 0.3) is 10.4 Å². The molecule has 138 valence electrons. The molecule has 0 aliphatic carbocycles. The Labute approximate surface area is 164 Å². The number of carbonyl (C=O) groups is 2. The molecule has 27 heavy (non-hydrogen) atoms. The molecule has 2 aromatic carbocycles. The molecule has 3 rings (SSSR count). The maximum Gasteiger partial charge on any atom is 0.339 e.